The van der Waals surface area contributed by atoms with E-state index >= 15 is 0 Å². The Kier molecular flexibility index (Phi) is 3.70. The number of nitrogens with one attached hydrogen (secondary N) is 2. The van der Waals surface area contributed by atoms with Crippen molar-refractivity contribution in [3.8, 4) is 11.3 Å². The van der Waals surface area contributed by atoms with Crippen molar-refractivity contribution in [1.82, 2.24) is 24.7 Å². The number of H-pyrrole nitrogens is 2. The number of aromatic amines is 2. The molecule has 0 atom stereocenters. The van der Waals surface area contributed by atoms with Crippen LogP contribution in [0.25, 0.3) is 11.3 Å². The predicted molar refractivity (Wildman–Crippen MR) is 88.8 cm³/mol. The monoisotopic (exact) mass is 343 g/mol. The quantitative estimate of drug-likeness (QED) is 0.755. The molecule has 1 aliphatic heterocycles. The molecular formula is C16H17N5O2S. The molecule has 3 heterocycles. The second kappa shape index (κ2) is 5.88. The Labute approximate surface area is 139 Å². The van der Waals surface area contributed by atoms with Crippen LogP contribution < -0.4 is 0 Å². The maximum atomic E-state index is 12.7. The second-order valence-electron chi connectivity index (χ2n) is 5.73. The van der Waals surface area contributed by atoms with Crippen molar-refractivity contribution < 1.29 is 8.42 Å². The van der Waals surface area contributed by atoms with Crippen LogP contribution in [-0.2, 0) is 22.9 Å². The van der Waals surface area contributed by atoms with Crippen molar-refractivity contribution in [3.05, 3.63) is 54.0 Å². The minimum absolute atomic E-state index is 0.203. The lowest BCUT2D eigenvalue weighted by molar-refractivity contribution is 0.425. The minimum atomic E-state index is -3.51. The summed E-state index contributed by atoms with van der Waals surface area (Å²) in [7, 11) is -3.51. The lowest BCUT2D eigenvalue weighted by Gasteiger charge is -2.18. The van der Waals surface area contributed by atoms with Gasteiger partial charge in [0.2, 0.25) is 10.0 Å². The Morgan fingerprint density at radius 2 is 1.88 bits per heavy atom. The number of hydrogen-bond donors (Lipinski definition) is 2. The smallest absolute Gasteiger partial charge is 0.246 e. The third-order valence-corrected chi connectivity index (χ3v) is 6.20. The van der Waals surface area contributed by atoms with Crippen molar-refractivity contribution in [3.63, 3.8) is 0 Å². The van der Waals surface area contributed by atoms with Crippen LogP contribution in [0, 0.1) is 0 Å². The van der Waals surface area contributed by atoms with E-state index in [2.05, 4.69) is 20.4 Å². The molecule has 0 radical (unpaired) electrons. The van der Waals surface area contributed by atoms with Crippen molar-refractivity contribution in [2.75, 3.05) is 13.1 Å². The fraction of sp³-hybridized carbons (Fsp3) is 0.250. The average Bonchev–Trinajstić information content (AvgIpc) is 3.22. The molecule has 0 unspecified atom stereocenters. The molecule has 1 aromatic carbocycles. The molecule has 24 heavy (non-hydrogen) atoms. The van der Waals surface area contributed by atoms with Gasteiger partial charge in [-0.25, -0.2) is 8.42 Å². The van der Waals surface area contributed by atoms with Gasteiger partial charge in [-0.2, -0.15) is 14.5 Å². The molecule has 0 saturated carbocycles. The van der Waals surface area contributed by atoms with Crippen LogP contribution >= 0.6 is 0 Å². The maximum absolute atomic E-state index is 12.7. The van der Waals surface area contributed by atoms with Crippen LogP contribution in [0.2, 0.25) is 0 Å². The van der Waals surface area contributed by atoms with E-state index in [9.17, 15) is 8.42 Å². The highest BCUT2D eigenvalue weighted by atomic mass is 32.2. The summed E-state index contributed by atoms with van der Waals surface area (Å²) in [6, 6.07) is 9.95. The zero-order valence-corrected chi connectivity index (χ0v) is 13.8. The van der Waals surface area contributed by atoms with Gasteiger partial charge in [0.25, 0.3) is 0 Å². The lowest BCUT2D eigenvalue weighted by Crippen LogP contribution is -2.33. The van der Waals surface area contributed by atoms with Crippen LogP contribution in [0.1, 0.15) is 11.3 Å². The Hall–Kier alpha value is -2.45. The number of benzene rings is 1. The van der Waals surface area contributed by atoms with Crippen molar-refractivity contribution in [2.45, 2.75) is 17.7 Å². The van der Waals surface area contributed by atoms with Crippen LogP contribution in [0.5, 0.6) is 0 Å². The summed E-state index contributed by atoms with van der Waals surface area (Å²) in [6.07, 6.45) is 4.01. The highest BCUT2D eigenvalue weighted by Crippen LogP contribution is 2.27. The van der Waals surface area contributed by atoms with Gasteiger partial charge in [0.1, 0.15) is 4.90 Å². The van der Waals surface area contributed by atoms with Crippen molar-refractivity contribution in [2.24, 2.45) is 0 Å². The van der Waals surface area contributed by atoms with Gasteiger partial charge in [-0.3, -0.25) is 10.2 Å². The summed E-state index contributed by atoms with van der Waals surface area (Å²) in [5.74, 6) is 0. The van der Waals surface area contributed by atoms with Gasteiger partial charge in [-0.05, 0) is 6.42 Å². The highest BCUT2D eigenvalue weighted by molar-refractivity contribution is 7.89. The first-order chi connectivity index (χ1) is 11.7. The summed E-state index contributed by atoms with van der Waals surface area (Å²) >= 11 is 0. The number of fused-ring (bicyclic) bond motifs is 1. The molecule has 3 aromatic rings. The Morgan fingerprint density at radius 1 is 1.08 bits per heavy atom. The first-order valence-corrected chi connectivity index (χ1v) is 9.21. The predicted octanol–water partition coefficient (Wildman–Crippen LogP) is 1.59. The third kappa shape index (κ3) is 2.53. The zero-order valence-electron chi connectivity index (χ0n) is 12.9. The molecule has 0 aliphatic carbocycles. The molecule has 0 fully saturated rings. The second-order valence-corrected chi connectivity index (χ2v) is 7.67. The van der Waals surface area contributed by atoms with Crippen molar-refractivity contribution in [1.29, 1.82) is 0 Å². The topological polar surface area (TPSA) is 94.7 Å². The molecule has 4 rings (SSSR count). The minimum Gasteiger partial charge on any atom is -0.284 e. The zero-order chi connectivity index (χ0) is 16.6. The van der Waals surface area contributed by atoms with E-state index in [4.69, 9.17) is 0 Å². The van der Waals surface area contributed by atoms with E-state index in [-0.39, 0.29) is 4.90 Å². The molecule has 1 aliphatic rings. The Balaban J connectivity index is 1.63. The van der Waals surface area contributed by atoms with Gasteiger partial charge in [0.05, 0.1) is 11.9 Å². The molecule has 0 amide bonds. The third-order valence-electron chi connectivity index (χ3n) is 4.33. The van der Waals surface area contributed by atoms with E-state index in [1.54, 1.807) is 0 Å². The SMILES string of the molecule is O=S(=O)(c1cn[nH]c1)N1CCc2[nH]nc(-c3ccccc3)c2CC1. The maximum Gasteiger partial charge on any atom is 0.246 e. The van der Waals surface area contributed by atoms with E-state index < -0.39 is 10.0 Å². The molecule has 2 N–H and O–H groups in total. The van der Waals surface area contributed by atoms with E-state index in [0.717, 1.165) is 22.5 Å². The fourth-order valence-electron chi connectivity index (χ4n) is 3.07. The summed E-state index contributed by atoms with van der Waals surface area (Å²) < 4.78 is 26.9. The number of sulfonamides is 1. The van der Waals surface area contributed by atoms with Crippen molar-refractivity contribution >= 4 is 10.0 Å². The summed E-state index contributed by atoms with van der Waals surface area (Å²) in [5, 5.41) is 13.8. The molecule has 2 aromatic heterocycles. The van der Waals surface area contributed by atoms with E-state index in [1.165, 1.54) is 16.7 Å². The van der Waals surface area contributed by atoms with Crippen LogP contribution in [0.3, 0.4) is 0 Å². The van der Waals surface area contributed by atoms with Gasteiger partial charge in [-0.15, -0.1) is 0 Å². The van der Waals surface area contributed by atoms with Gasteiger partial charge in [0, 0.05) is 42.5 Å². The number of hydrogen-bond acceptors (Lipinski definition) is 4. The number of aromatic nitrogens is 4. The number of rotatable bonds is 3. The Morgan fingerprint density at radius 3 is 2.62 bits per heavy atom. The largest absolute Gasteiger partial charge is 0.284 e. The number of nitrogens with zero attached hydrogens (tertiary/aromatic N) is 3. The molecule has 0 saturated heterocycles. The molecule has 7 nitrogen and oxygen atoms in total. The molecule has 124 valence electrons. The first-order valence-electron chi connectivity index (χ1n) is 7.77. The average molecular weight is 343 g/mol. The van der Waals surface area contributed by atoms with E-state index in [0.29, 0.717) is 25.9 Å². The van der Waals surface area contributed by atoms with Gasteiger partial charge >= 0.3 is 0 Å². The highest BCUT2D eigenvalue weighted by Gasteiger charge is 2.29. The van der Waals surface area contributed by atoms with E-state index in [1.807, 2.05) is 30.3 Å². The Bertz CT molecular complexity index is 932. The van der Waals surface area contributed by atoms with Gasteiger partial charge in [-0.1, -0.05) is 30.3 Å². The molecule has 8 heteroatoms. The van der Waals surface area contributed by atoms with Crippen LogP contribution in [0.15, 0.2) is 47.6 Å². The van der Waals surface area contributed by atoms with Crippen LogP contribution in [0.4, 0.5) is 0 Å². The van der Waals surface area contributed by atoms with Gasteiger partial charge in [0.15, 0.2) is 0 Å². The summed E-state index contributed by atoms with van der Waals surface area (Å²) in [5.41, 5.74) is 4.07. The lowest BCUT2D eigenvalue weighted by atomic mass is 10.0. The summed E-state index contributed by atoms with van der Waals surface area (Å²) in [6.45, 7) is 0.858. The fourth-order valence-corrected chi connectivity index (χ4v) is 4.42. The standard InChI is InChI=1S/C16H17N5O2S/c22-24(23,13-10-17-18-11-13)21-8-6-14-15(7-9-21)19-20-16(14)12-4-2-1-3-5-12/h1-5,10-11H,6-9H2,(H,17,18)(H,19,20). The van der Waals surface area contributed by atoms with Crippen LogP contribution in [-0.4, -0.2) is 46.2 Å². The molecule has 0 bridgehead atoms. The normalized spacial score (nSPS) is 15.8. The first kappa shape index (κ1) is 15.1. The molecule has 0 spiro atoms. The molecular weight excluding hydrogens is 326 g/mol. The summed E-state index contributed by atoms with van der Waals surface area (Å²) in [4.78, 5) is 0.203. The van der Waals surface area contributed by atoms with Gasteiger partial charge < -0.3 is 0 Å².